The maximum absolute atomic E-state index is 10.7. The van der Waals surface area contributed by atoms with Crippen LogP contribution in [0, 0.1) is 17.8 Å². The van der Waals surface area contributed by atoms with E-state index in [-0.39, 0.29) is 58.4 Å². The minimum absolute atomic E-state index is 0. The Balaban J connectivity index is 0. The van der Waals surface area contributed by atoms with Crippen molar-refractivity contribution in [3.63, 3.8) is 0 Å². The van der Waals surface area contributed by atoms with Gasteiger partial charge in [0, 0.05) is 15.4 Å². The van der Waals surface area contributed by atoms with Crippen LogP contribution in [0.3, 0.4) is 0 Å². The third-order valence-corrected chi connectivity index (χ3v) is 4.62. The fourth-order valence-electron chi connectivity index (χ4n) is 3.64. The monoisotopic (exact) mass is 429 g/mol. The van der Waals surface area contributed by atoms with E-state index in [0.717, 1.165) is 21.9 Å². The van der Waals surface area contributed by atoms with Crippen molar-refractivity contribution in [3.05, 3.63) is 48.2 Å². The van der Waals surface area contributed by atoms with Gasteiger partial charge in [-0.15, -0.1) is 29.7 Å². The van der Waals surface area contributed by atoms with Gasteiger partial charge in [0.2, 0.25) is 0 Å². The van der Waals surface area contributed by atoms with Crippen molar-refractivity contribution in [1.29, 1.82) is 0 Å². The number of hydrogen-bond donors (Lipinski definition) is 0. The second kappa shape index (κ2) is 13.9. The number of carbonyl (C=O) groups is 1. The smallest absolute Gasteiger partial charge is 1.00 e. The van der Waals surface area contributed by atoms with Gasteiger partial charge in [0.05, 0.1) is 5.91 Å². The maximum Gasteiger partial charge on any atom is 4.00 e. The number of fused-ring (bicyclic) bond motifs is 3. The molecule has 134 valence electrons. The zero-order chi connectivity index (χ0) is 15.9. The molecule has 2 saturated carbocycles. The third kappa shape index (κ3) is 7.92. The van der Waals surface area contributed by atoms with Gasteiger partial charge < -0.3 is 35.3 Å². The predicted molar refractivity (Wildman–Crippen MR) is 95.3 cm³/mol. The van der Waals surface area contributed by atoms with E-state index >= 15 is 0 Å². The molecule has 2 radical (unpaired) electrons. The van der Waals surface area contributed by atoms with Crippen LogP contribution in [0.4, 0.5) is 0 Å². The fraction of sp³-hybridized carbons (Fsp3) is 0.474. The van der Waals surface area contributed by atoms with E-state index in [1.165, 1.54) is 30.0 Å². The summed E-state index contributed by atoms with van der Waals surface area (Å²) >= 11 is 0. The van der Waals surface area contributed by atoms with Gasteiger partial charge >= 0.3 is 21.7 Å². The molecule has 2 nitrogen and oxygen atoms in total. The molecule has 25 heavy (non-hydrogen) atoms. The topological polar surface area (TPSA) is 40.9 Å². The van der Waals surface area contributed by atoms with Gasteiger partial charge in [-0.05, 0) is 31.1 Å². The zero-order valence-corrected chi connectivity index (χ0v) is 18.8. The molecule has 1 N–H and O–H groups in total. The van der Waals surface area contributed by atoms with Crippen molar-refractivity contribution >= 4 is 26.2 Å². The first kappa shape index (κ1) is 27.0. The molecular weight excluding hydrogens is 405 g/mol. The summed E-state index contributed by atoms with van der Waals surface area (Å²) in [5.41, 5.74) is 6.99. The van der Waals surface area contributed by atoms with Crippen LogP contribution < -0.4 is 24.8 Å². The summed E-state index contributed by atoms with van der Waals surface area (Å²) < 4.78 is 0. The molecule has 4 rings (SSSR count). The second-order valence-corrected chi connectivity index (χ2v) is 7.30. The van der Waals surface area contributed by atoms with Crippen molar-refractivity contribution < 1.29 is 51.3 Å². The normalized spacial score (nSPS) is 22.1. The standard InChI is InChI=1S/C9H7.C8H13NO.C2H6Si.2ClH.Ti/c1-2-5-9-7-3-6-8(9)4-1;9-8(10)7-4-5-1-2-6(7)3-5;1-3-2;;;/h1-7H;5-7H,1-4H2,(H2,9,10);1-2H3;2*1H;/q-1;;;;;+4/p-3. The largest absolute Gasteiger partial charge is 4.00 e. The van der Waals surface area contributed by atoms with Gasteiger partial charge in [0.15, 0.2) is 0 Å². The molecule has 0 heterocycles. The van der Waals surface area contributed by atoms with Crippen molar-refractivity contribution in [1.82, 2.24) is 0 Å². The van der Waals surface area contributed by atoms with Crippen LogP contribution in [0.5, 0.6) is 0 Å². The van der Waals surface area contributed by atoms with Crippen molar-refractivity contribution in [2.45, 2.75) is 38.8 Å². The molecule has 2 aliphatic carbocycles. The number of nitrogens with one attached hydrogen (secondary N) is 1. The fourth-order valence-corrected chi connectivity index (χ4v) is 3.64. The Kier molecular flexibility index (Phi) is 15.1. The average Bonchev–Trinajstić information content (AvgIpc) is 3.24. The molecule has 0 spiro atoms. The summed E-state index contributed by atoms with van der Waals surface area (Å²) in [5, 5.41) is 2.66. The van der Waals surface area contributed by atoms with Crippen molar-refractivity contribution in [3.8, 4) is 0 Å². The minimum Gasteiger partial charge on any atom is -1.00 e. The number of benzene rings is 1. The third-order valence-electron chi connectivity index (χ3n) is 4.62. The van der Waals surface area contributed by atoms with Gasteiger partial charge in [0.25, 0.3) is 0 Å². The molecule has 3 atom stereocenters. The van der Waals surface area contributed by atoms with Crippen LogP contribution >= 0.6 is 0 Å². The molecule has 2 fully saturated rings. The summed E-state index contributed by atoms with van der Waals surface area (Å²) in [5.74, 6) is 1.20. The maximum atomic E-state index is 10.7. The molecule has 0 aliphatic heterocycles. The van der Waals surface area contributed by atoms with Crippen LogP contribution in [0.1, 0.15) is 25.7 Å². The van der Waals surface area contributed by atoms with Gasteiger partial charge in [-0.25, -0.2) is 0 Å². The Morgan fingerprint density at radius 1 is 1.12 bits per heavy atom. The van der Waals surface area contributed by atoms with E-state index in [4.69, 9.17) is 5.73 Å². The van der Waals surface area contributed by atoms with E-state index in [2.05, 4.69) is 55.6 Å². The van der Waals surface area contributed by atoms with E-state index < -0.39 is 0 Å². The Bertz CT molecular complexity index is 578. The summed E-state index contributed by atoms with van der Waals surface area (Å²) in [6.45, 7) is 4.31. The Morgan fingerprint density at radius 3 is 2.20 bits per heavy atom. The Morgan fingerprint density at radius 2 is 1.76 bits per heavy atom. The number of hydrogen-bond acceptors (Lipinski definition) is 1. The Labute approximate surface area is 181 Å². The van der Waals surface area contributed by atoms with Crippen molar-refractivity contribution in [2.75, 3.05) is 0 Å². The molecule has 2 aromatic rings. The van der Waals surface area contributed by atoms with Gasteiger partial charge in [-0.1, -0.05) is 25.6 Å². The first-order chi connectivity index (χ1) is 10.7. The second-order valence-electron chi connectivity index (χ2n) is 6.30. The molecular formula is C19H25Cl2NOSiTi. The quantitative estimate of drug-likeness (QED) is 0.438. The van der Waals surface area contributed by atoms with Crippen LogP contribution in [-0.4, -0.2) is 15.4 Å². The number of rotatable bonds is 1. The number of carbonyl (C=O) groups excluding carboxylic acids is 1. The SMILES string of the molecule is C[Si]C.[Cl-].[Cl-].[NH-]C(=O)C1CC2CCC1C2.[Ti+4].c1ccc2[cH-]ccc2c1. The Hall–Kier alpha value is -0.189. The number of halogens is 2. The molecule has 2 aromatic carbocycles. The van der Waals surface area contributed by atoms with Gasteiger partial charge in [0.1, 0.15) is 0 Å². The van der Waals surface area contributed by atoms with E-state index in [0.29, 0.717) is 5.92 Å². The van der Waals surface area contributed by atoms with Crippen LogP contribution in [0.2, 0.25) is 13.1 Å². The van der Waals surface area contributed by atoms with Gasteiger partial charge in [-0.2, -0.15) is 17.5 Å². The first-order valence-corrected chi connectivity index (χ1v) is 10.1. The molecule has 6 heteroatoms. The molecule has 2 bridgehead atoms. The summed E-state index contributed by atoms with van der Waals surface area (Å²) in [7, 11) is 1.08. The average molecular weight is 430 g/mol. The molecule has 1 amide bonds. The molecule has 3 unspecified atom stereocenters. The zero-order valence-electron chi connectivity index (χ0n) is 14.8. The predicted octanol–water partition coefficient (Wildman–Crippen LogP) is -0.648. The van der Waals surface area contributed by atoms with Crippen LogP contribution in [-0.2, 0) is 26.5 Å². The molecule has 0 aromatic heterocycles. The summed E-state index contributed by atoms with van der Waals surface area (Å²) in [4.78, 5) is 10.7. The number of amides is 1. The summed E-state index contributed by atoms with van der Waals surface area (Å²) in [6.07, 6.45) is 4.77. The summed E-state index contributed by atoms with van der Waals surface area (Å²) in [6, 6.07) is 14.7. The van der Waals surface area contributed by atoms with E-state index in [1.54, 1.807) is 0 Å². The van der Waals surface area contributed by atoms with Crippen LogP contribution in [0.25, 0.3) is 16.5 Å². The first-order valence-electron chi connectivity index (χ1n) is 8.10. The molecule has 0 saturated heterocycles. The van der Waals surface area contributed by atoms with Gasteiger partial charge in [-0.3, -0.25) is 0 Å². The van der Waals surface area contributed by atoms with E-state index in [9.17, 15) is 4.79 Å². The minimum atomic E-state index is -0.313. The molecule has 2 aliphatic rings. The van der Waals surface area contributed by atoms with Crippen molar-refractivity contribution in [2.24, 2.45) is 17.8 Å². The van der Waals surface area contributed by atoms with Crippen LogP contribution in [0.15, 0.2) is 42.5 Å². The van der Waals surface area contributed by atoms with E-state index in [1.807, 2.05) is 0 Å².